The maximum atomic E-state index is 12.4. The van der Waals surface area contributed by atoms with Gasteiger partial charge in [0.2, 0.25) is 0 Å². The van der Waals surface area contributed by atoms with Gasteiger partial charge >= 0.3 is 5.97 Å². The van der Waals surface area contributed by atoms with Crippen LogP contribution in [-0.4, -0.2) is 49.1 Å². The molecule has 1 heterocycles. The van der Waals surface area contributed by atoms with E-state index in [2.05, 4.69) is 45.9 Å². The van der Waals surface area contributed by atoms with E-state index in [1.807, 2.05) is 0 Å². The molecule has 7 heteroatoms. The highest BCUT2D eigenvalue weighted by molar-refractivity contribution is 6.74. The highest BCUT2D eigenvalue weighted by Gasteiger charge is 2.46. The highest BCUT2D eigenvalue weighted by atomic mass is 28.4. The standard InChI is InChI=1S/C25H45NO5Si/c1-16-7-8-18-11-17(15-26-29)12-22(27)24(18)21(16)10-9-19-13-20(14-23(28)30-19)31-32(5,6)25(2,3)4/h15-22,24,27,29H,7-14H2,1-6H3/t16-,17-,18-,19+,20+,21-,22-,24-/m0/s1. The molecule has 0 spiro atoms. The number of carbonyl (C=O) groups excluding carboxylic acids is 1. The Kier molecular flexibility index (Phi) is 8.14. The fraction of sp³-hybridized carbons (Fsp3) is 0.920. The molecule has 6 nitrogen and oxygen atoms in total. The highest BCUT2D eigenvalue weighted by Crippen LogP contribution is 2.49. The number of fused-ring (bicyclic) bond motifs is 1. The number of nitrogens with zero attached hydrogens (tertiary/aromatic N) is 1. The van der Waals surface area contributed by atoms with Crippen molar-refractivity contribution in [2.75, 3.05) is 0 Å². The van der Waals surface area contributed by atoms with Gasteiger partial charge in [-0.1, -0.05) is 34.1 Å². The Hall–Kier alpha value is -0.923. The monoisotopic (exact) mass is 467 g/mol. The fourth-order valence-corrected chi connectivity index (χ4v) is 7.58. The first kappa shape index (κ1) is 25.7. The van der Waals surface area contributed by atoms with Gasteiger partial charge in [-0.25, -0.2) is 0 Å². The van der Waals surface area contributed by atoms with Crippen molar-refractivity contribution in [3.63, 3.8) is 0 Å². The fourth-order valence-electron chi connectivity index (χ4n) is 6.22. The van der Waals surface area contributed by atoms with E-state index in [0.717, 1.165) is 32.1 Å². The van der Waals surface area contributed by atoms with E-state index in [1.165, 1.54) is 6.42 Å². The zero-order valence-corrected chi connectivity index (χ0v) is 21.9. The van der Waals surface area contributed by atoms with Crippen LogP contribution in [0.25, 0.3) is 0 Å². The molecule has 1 aliphatic heterocycles. The molecule has 2 aliphatic carbocycles. The molecule has 3 fully saturated rings. The van der Waals surface area contributed by atoms with Crippen LogP contribution in [0.1, 0.15) is 79.1 Å². The zero-order valence-electron chi connectivity index (χ0n) is 20.9. The van der Waals surface area contributed by atoms with Crippen molar-refractivity contribution in [3.05, 3.63) is 0 Å². The molecule has 0 aromatic rings. The third-order valence-corrected chi connectivity index (χ3v) is 13.5. The van der Waals surface area contributed by atoms with E-state index in [9.17, 15) is 9.90 Å². The van der Waals surface area contributed by atoms with E-state index >= 15 is 0 Å². The Labute approximate surface area is 195 Å². The molecule has 2 saturated carbocycles. The van der Waals surface area contributed by atoms with Crippen LogP contribution in [0.2, 0.25) is 18.1 Å². The Balaban J connectivity index is 1.61. The predicted octanol–water partition coefficient (Wildman–Crippen LogP) is 5.37. The summed E-state index contributed by atoms with van der Waals surface area (Å²) in [4.78, 5) is 12.4. The molecular weight excluding hydrogens is 422 g/mol. The van der Waals surface area contributed by atoms with Gasteiger partial charge in [-0.05, 0) is 73.9 Å². The number of hydrogen-bond acceptors (Lipinski definition) is 6. The molecule has 8 atom stereocenters. The number of aliphatic hydroxyl groups excluding tert-OH is 1. The molecule has 0 bridgehead atoms. The van der Waals surface area contributed by atoms with Crippen molar-refractivity contribution in [1.29, 1.82) is 0 Å². The quantitative estimate of drug-likeness (QED) is 0.180. The molecule has 0 amide bonds. The van der Waals surface area contributed by atoms with Crippen molar-refractivity contribution >= 4 is 20.5 Å². The van der Waals surface area contributed by atoms with Crippen LogP contribution in [0.4, 0.5) is 0 Å². The molecule has 0 radical (unpaired) electrons. The van der Waals surface area contributed by atoms with E-state index in [4.69, 9.17) is 14.4 Å². The Bertz CT molecular complexity index is 676. The molecule has 3 rings (SSSR count). The van der Waals surface area contributed by atoms with Gasteiger partial charge in [-0.3, -0.25) is 4.79 Å². The van der Waals surface area contributed by atoms with Gasteiger partial charge in [0.25, 0.3) is 0 Å². The summed E-state index contributed by atoms with van der Waals surface area (Å²) in [7, 11) is -1.93. The lowest BCUT2D eigenvalue weighted by Gasteiger charge is -2.49. The lowest BCUT2D eigenvalue weighted by Crippen LogP contribution is -2.48. The van der Waals surface area contributed by atoms with Gasteiger partial charge in [-0.15, -0.1) is 5.16 Å². The van der Waals surface area contributed by atoms with Crippen LogP contribution in [0.5, 0.6) is 0 Å². The van der Waals surface area contributed by atoms with Crippen LogP contribution in [-0.2, 0) is 14.0 Å². The summed E-state index contributed by atoms with van der Waals surface area (Å²) in [6.07, 6.45) is 8.05. The Morgan fingerprint density at radius 3 is 2.56 bits per heavy atom. The second-order valence-electron chi connectivity index (χ2n) is 12.2. The summed E-state index contributed by atoms with van der Waals surface area (Å²) in [5.41, 5.74) is 0. The number of aliphatic hydroxyl groups is 1. The van der Waals surface area contributed by atoms with Gasteiger partial charge < -0.3 is 19.5 Å². The van der Waals surface area contributed by atoms with Crippen LogP contribution < -0.4 is 0 Å². The van der Waals surface area contributed by atoms with Gasteiger partial charge in [-0.2, -0.15) is 0 Å². The van der Waals surface area contributed by atoms with Crippen LogP contribution in [0, 0.1) is 29.6 Å². The summed E-state index contributed by atoms with van der Waals surface area (Å²) in [5, 5.41) is 23.2. The first-order valence-electron chi connectivity index (χ1n) is 12.6. The van der Waals surface area contributed by atoms with E-state index in [1.54, 1.807) is 6.21 Å². The summed E-state index contributed by atoms with van der Waals surface area (Å²) < 4.78 is 12.3. The lowest BCUT2D eigenvalue weighted by molar-refractivity contribution is -0.160. The summed E-state index contributed by atoms with van der Waals surface area (Å²) >= 11 is 0. The smallest absolute Gasteiger partial charge is 0.308 e. The number of oxime groups is 1. The number of ether oxygens (including phenoxy) is 1. The van der Waals surface area contributed by atoms with Crippen molar-refractivity contribution in [3.8, 4) is 0 Å². The topological polar surface area (TPSA) is 88.4 Å². The normalized spacial score (nSPS) is 39.0. The lowest BCUT2D eigenvalue weighted by atomic mass is 9.58. The SMILES string of the molecule is C[C@H]1CC[C@H]2C[C@H](C=NO)C[C@H](O)[C@@H]2[C@H]1CC[C@@H]1C[C@@H](O[Si](C)(C)C(C)(C)C)CC(=O)O1. The number of rotatable bonds is 6. The van der Waals surface area contributed by atoms with E-state index in [-0.39, 0.29) is 35.2 Å². The number of hydrogen-bond donors (Lipinski definition) is 2. The largest absolute Gasteiger partial charge is 0.462 e. The molecule has 2 N–H and O–H groups in total. The van der Waals surface area contributed by atoms with Crippen LogP contribution in [0.15, 0.2) is 5.16 Å². The third kappa shape index (κ3) is 5.95. The third-order valence-electron chi connectivity index (χ3n) is 8.94. The van der Waals surface area contributed by atoms with Gasteiger partial charge in [0.15, 0.2) is 8.32 Å². The first-order valence-corrected chi connectivity index (χ1v) is 15.5. The van der Waals surface area contributed by atoms with Crippen molar-refractivity contribution in [1.82, 2.24) is 0 Å². The van der Waals surface area contributed by atoms with Crippen LogP contribution >= 0.6 is 0 Å². The molecule has 184 valence electrons. The zero-order chi connectivity index (χ0) is 23.7. The molecular formula is C25H45NO5Si. The van der Waals surface area contributed by atoms with E-state index < -0.39 is 8.32 Å². The Morgan fingerprint density at radius 1 is 1.19 bits per heavy atom. The summed E-state index contributed by atoms with van der Waals surface area (Å²) in [5.74, 6) is 1.80. The van der Waals surface area contributed by atoms with Gasteiger partial charge in [0.1, 0.15) is 6.10 Å². The minimum atomic E-state index is -1.93. The predicted molar refractivity (Wildman–Crippen MR) is 128 cm³/mol. The molecule has 32 heavy (non-hydrogen) atoms. The molecule has 3 aliphatic rings. The number of cyclic esters (lactones) is 1. The minimum absolute atomic E-state index is 0.0440. The van der Waals surface area contributed by atoms with Crippen molar-refractivity contribution in [2.24, 2.45) is 34.7 Å². The molecule has 1 saturated heterocycles. The maximum absolute atomic E-state index is 12.4. The van der Waals surface area contributed by atoms with Crippen molar-refractivity contribution < 1.29 is 24.3 Å². The first-order chi connectivity index (χ1) is 14.9. The molecule has 0 unspecified atom stereocenters. The molecule has 0 aromatic carbocycles. The summed E-state index contributed by atoms with van der Waals surface area (Å²) in [6, 6.07) is 0. The summed E-state index contributed by atoms with van der Waals surface area (Å²) in [6.45, 7) is 13.5. The van der Waals surface area contributed by atoms with Gasteiger partial charge in [0.05, 0.1) is 18.6 Å². The number of carbonyl (C=O) groups is 1. The van der Waals surface area contributed by atoms with Crippen LogP contribution in [0.3, 0.4) is 0 Å². The van der Waals surface area contributed by atoms with E-state index in [0.29, 0.717) is 36.5 Å². The van der Waals surface area contributed by atoms with Gasteiger partial charge in [0, 0.05) is 18.6 Å². The second-order valence-corrected chi connectivity index (χ2v) is 17.0. The second kappa shape index (κ2) is 10.1. The Morgan fingerprint density at radius 2 is 1.91 bits per heavy atom. The van der Waals surface area contributed by atoms with Crippen molar-refractivity contribution in [2.45, 2.75) is 116 Å². The number of esters is 1. The minimum Gasteiger partial charge on any atom is -0.462 e. The maximum Gasteiger partial charge on any atom is 0.308 e. The average Bonchev–Trinajstić information content (AvgIpc) is 2.66. The average molecular weight is 468 g/mol. The molecule has 0 aromatic heterocycles.